The topological polar surface area (TPSA) is 0 Å². The smallest absolute Gasteiger partial charge is 0.0715 e. The lowest BCUT2D eigenvalue weighted by atomic mass is 9.67. The molecule has 0 aromatic rings. The van der Waals surface area contributed by atoms with E-state index in [1.165, 1.54) is 22.3 Å². The SMILES string of the molecule is C=CC(=C)C(=C/C)/C(=C\C)C(=C/C)/C1=C(C=C)C2(C(C=C)=CC(C=C)=C2/C=C\C)C(=C/C)/C1=C\C. The minimum atomic E-state index is -0.496. The second-order valence-corrected chi connectivity index (χ2v) is 8.36. The van der Waals surface area contributed by atoms with Gasteiger partial charge in [0.15, 0.2) is 0 Å². The normalized spacial score (nSPS) is 23.7. The van der Waals surface area contributed by atoms with Crippen molar-refractivity contribution in [2.75, 3.05) is 0 Å². The Labute approximate surface area is 213 Å². The average Bonchev–Trinajstić information content (AvgIpc) is 3.35. The summed E-state index contributed by atoms with van der Waals surface area (Å²) in [6.07, 6.45) is 25.2. The van der Waals surface area contributed by atoms with Crippen molar-refractivity contribution >= 4 is 0 Å². The fraction of sp³-hybridized carbons (Fsp3) is 0.200. The third-order valence-corrected chi connectivity index (χ3v) is 6.96. The summed E-state index contributed by atoms with van der Waals surface area (Å²) in [6, 6.07) is 0. The number of rotatable bonds is 9. The number of hydrogen-bond acceptors (Lipinski definition) is 0. The van der Waals surface area contributed by atoms with Crippen molar-refractivity contribution in [2.45, 2.75) is 41.5 Å². The maximum atomic E-state index is 4.34. The standard InChI is InChI=1S/C35H40/c1-12-22-33-25(14-3)23-26(15-4)35(33)31(20-9)30(19-8)34(32(35)21-10)29(18-7)28(17-6)27(16-5)24(11)13-2/h12-23H,2-4,10-11H2,1,5-9H3/b22-12-,27-16-,28-17+,29-18-,30-19+,31-20+. The molecule has 0 radical (unpaired) electrons. The molecule has 2 aliphatic carbocycles. The average molecular weight is 461 g/mol. The minimum Gasteiger partial charge on any atom is -0.0987 e. The maximum Gasteiger partial charge on any atom is 0.0715 e. The third kappa shape index (κ3) is 4.08. The predicted octanol–water partition coefficient (Wildman–Crippen LogP) is 10.1. The summed E-state index contributed by atoms with van der Waals surface area (Å²) in [5.41, 5.74) is 12.0. The zero-order valence-electron chi connectivity index (χ0n) is 22.5. The Balaban J connectivity index is 3.16. The highest BCUT2D eigenvalue weighted by Gasteiger charge is 2.52. The van der Waals surface area contributed by atoms with Gasteiger partial charge in [0.1, 0.15) is 0 Å². The molecule has 1 unspecified atom stereocenters. The molecule has 0 nitrogen and oxygen atoms in total. The Morgan fingerprint density at radius 2 is 1.43 bits per heavy atom. The highest BCUT2D eigenvalue weighted by atomic mass is 14.5. The molecule has 0 heteroatoms. The van der Waals surface area contributed by atoms with Gasteiger partial charge in [-0.25, -0.2) is 0 Å². The Morgan fingerprint density at radius 3 is 1.83 bits per heavy atom. The Kier molecular flexibility index (Phi) is 9.20. The van der Waals surface area contributed by atoms with Gasteiger partial charge < -0.3 is 0 Å². The zero-order chi connectivity index (χ0) is 26.3. The van der Waals surface area contributed by atoms with Crippen LogP contribution in [0.2, 0.25) is 0 Å². The van der Waals surface area contributed by atoms with Crippen molar-refractivity contribution in [1.82, 2.24) is 0 Å². The lowest BCUT2D eigenvalue weighted by Crippen LogP contribution is -2.24. The molecule has 0 amide bonds. The van der Waals surface area contributed by atoms with Crippen LogP contribution in [0.25, 0.3) is 0 Å². The first kappa shape index (κ1) is 27.6. The Morgan fingerprint density at radius 1 is 0.771 bits per heavy atom. The van der Waals surface area contributed by atoms with Crippen LogP contribution in [-0.2, 0) is 0 Å². The van der Waals surface area contributed by atoms with Crippen LogP contribution in [-0.4, -0.2) is 0 Å². The summed E-state index contributed by atoms with van der Waals surface area (Å²) in [5, 5.41) is 0. The minimum absolute atomic E-state index is 0.496. The summed E-state index contributed by atoms with van der Waals surface area (Å²) in [5.74, 6) is 0. The highest BCUT2D eigenvalue weighted by molar-refractivity contribution is 5.84. The molecule has 0 aromatic carbocycles. The molecule has 0 bridgehead atoms. The molecular formula is C35H40. The van der Waals surface area contributed by atoms with Crippen LogP contribution in [0.4, 0.5) is 0 Å². The lowest BCUT2D eigenvalue weighted by Gasteiger charge is -2.34. The van der Waals surface area contributed by atoms with Gasteiger partial charge in [0.25, 0.3) is 0 Å². The van der Waals surface area contributed by atoms with Crippen LogP contribution in [0.5, 0.6) is 0 Å². The van der Waals surface area contributed by atoms with E-state index in [-0.39, 0.29) is 0 Å². The quantitative estimate of drug-likeness (QED) is 0.300. The molecule has 0 aromatic heterocycles. The van der Waals surface area contributed by atoms with Crippen molar-refractivity contribution in [1.29, 1.82) is 0 Å². The van der Waals surface area contributed by atoms with Gasteiger partial charge in [0.2, 0.25) is 0 Å². The van der Waals surface area contributed by atoms with E-state index >= 15 is 0 Å². The van der Waals surface area contributed by atoms with Crippen molar-refractivity contribution < 1.29 is 0 Å². The van der Waals surface area contributed by atoms with Crippen LogP contribution in [0.1, 0.15) is 41.5 Å². The first-order chi connectivity index (χ1) is 16.9. The molecule has 180 valence electrons. The third-order valence-electron chi connectivity index (χ3n) is 6.96. The zero-order valence-corrected chi connectivity index (χ0v) is 22.5. The van der Waals surface area contributed by atoms with Gasteiger partial charge in [-0.1, -0.05) is 99.7 Å². The number of hydrogen-bond donors (Lipinski definition) is 0. The molecule has 0 N–H and O–H groups in total. The van der Waals surface area contributed by atoms with Crippen LogP contribution in [0, 0.1) is 5.41 Å². The summed E-state index contributed by atoms with van der Waals surface area (Å²) in [6.45, 7) is 33.4. The second-order valence-electron chi connectivity index (χ2n) is 8.36. The van der Waals surface area contributed by atoms with E-state index in [9.17, 15) is 0 Å². The molecule has 0 saturated heterocycles. The van der Waals surface area contributed by atoms with Gasteiger partial charge >= 0.3 is 0 Å². The van der Waals surface area contributed by atoms with E-state index < -0.39 is 5.41 Å². The van der Waals surface area contributed by atoms with Crippen molar-refractivity contribution in [3.8, 4) is 0 Å². The van der Waals surface area contributed by atoms with Gasteiger partial charge in [-0.05, 0) is 109 Å². The van der Waals surface area contributed by atoms with E-state index in [0.717, 1.165) is 39.0 Å². The van der Waals surface area contributed by atoms with Crippen molar-refractivity contribution in [3.63, 3.8) is 0 Å². The summed E-state index contributed by atoms with van der Waals surface area (Å²) >= 11 is 0. The Bertz CT molecular complexity index is 1240. The van der Waals surface area contributed by atoms with Gasteiger partial charge in [-0.3, -0.25) is 0 Å². The van der Waals surface area contributed by atoms with E-state index in [1.807, 2.05) is 31.2 Å². The largest absolute Gasteiger partial charge is 0.0987 e. The molecule has 0 aliphatic heterocycles. The fourth-order valence-corrected chi connectivity index (χ4v) is 5.64. The molecule has 0 saturated carbocycles. The first-order valence-corrected chi connectivity index (χ1v) is 12.2. The number of allylic oxidation sites excluding steroid dienone is 23. The van der Waals surface area contributed by atoms with Gasteiger partial charge in [0.05, 0.1) is 5.41 Å². The monoisotopic (exact) mass is 460 g/mol. The molecule has 0 fully saturated rings. The predicted molar refractivity (Wildman–Crippen MR) is 158 cm³/mol. The van der Waals surface area contributed by atoms with Gasteiger partial charge in [0, 0.05) is 0 Å². The van der Waals surface area contributed by atoms with Crippen LogP contribution < -0.4 is 0 Å². The summed E-state index contributed by atoms with van der Waals surface area (Å²) in [4.78, 5) is 0. The molecule has 1 spiro atoms. The molecule has 2 aliphatic rings. The van der Waals surface area contributed by atoms with E-state index in [4.69, 9.17) is 0 Å². The van der Waals surface area contributed by atoms with Crippen LogP contribution >= 0.6 is 0 Å². The molecule has 1 atom stereocenters. The van der Waals surface area contributed by atoms with Crippen molar-refractivity contribution in [3.05, 3.63) is 167 Å². The van der Waals surface area contributed by atoms with Gasteiger partial charge in [-0.2, -0.15) is 0 Å². The summed E-state index contributed by atoms with van der Waals surface area (Å²) in [7, 11) is 0. The lowest BCUT2D eigenvalue weighted by molar-refractivity contribution is 0.695. The molecule has 2 rings (SSSR count). The second kappa shape index (κ2) is 11.7. The van der Waals surface area contributed by atoms with Gasteiger partial charge in [-0.15, -0.1) is 0 Å². The molecular weight excluding hydrogens is 420 g/mol. The van der Waals surface area contributed by atoms with E-state index in [1.54, 1.807) is 0 Å². The van der Waals surface area contributed by atoms with E-state index in [2.05, 4.69) is 116 Å². The van der Waals surface area contributed by atoms with Crippen LogP contribution in [0.15, 0.2) is 167 Å². The molecule has 35 heavy (non-hydrogen) atoms. The fourth-order valence-electron chi connectivity index (χ4n) is 5.64. The highest BCUT2D eigenvalue weighted by Crippen LogP contribution is 2.64. The molecule has 0 heterocycles. The first-order valence-electron chi connectivity index (χ1n) is 12.2. The summed E-state index contributed by atoms with van der Waals surface area (Å²) < 4.78 is 0. The Hall–Kier alpha value is -3.64. The van der Waals surface area contributed by atoms with Crippen LogP contribution in [0.3, 0.4) is 0 Å². The van der Waals surface area contributed by atoms with E-state index in [0.29, 0.717) is 0 Å². The maximum absolute atomic E-state index is 4.34. The van der Waals surface area contributed by atoms with Crippen molar-refractivity contribution in [2.24, 2.45) is 5.41 Å².